The van der Waals surface area contributed by atoms with Crippen LogP contribution in [-0.2, 0) is 22.6 Å². The van der Waals surface area contributed by atoms with Crippen LogP contribution < -0.4 is 20.6 Å². The lowest BCUT2D eigenvalue weighted by Crippen LogP contribution is -2.52. The predicted octanol–water partition coefficient (Wildman–Crippen LogP) is 4.03. The maximum atomic E-state index is 13.2. The number of aryl methyl sites for hydroxylation is 1. The Morgan fingerprint density at radius 2 is 1.41 bits per heavy atom. The number of carbonyl (C=O) groups excluding carboxylic acids is 3. The van der Waals surface area contributed by atoms with E-state index in [1.165, 1.54) is 40.8 Å². The van der Waals surface area contributed by atoms with Gasteiger partial charge in [-0.15, -0.1) is 0 Å². The number of amides is 3. The standard InChI is InChI=1S/C45H50BN5O5/c52-42-17-16-41(44(53)47-42)51-29-34-27-37(12-15-40(34)45(51)54)50-24-22-48(23-25-50)28-30-18-20-49(21-19-30)36-10-6-32(7-11-36)43-38(31-4-2-1-3-5-31)13-8-33-26-35(46(55)56)9-14-39(33)43/h1-7,9-12,14-15,26-27,30,38,41,43,55-56H,8,13,16-25,28-29H2,(H,47,52,53)/t38-,41+,43+/m1/s1. The SMILES string of the molecule is O=C1CC[C@H](N2Cc3cc(N4CCN(CC5CCN(c6ccc([C@@H]7c8ccc(B(O)O)cc8CC[C@@H]7c7ccccc7)cc6)CC5)CC4)ccc3C2=O)C(=O)N1. The van der Waals surface area contributed by atoms with Gasteiger partial charge in [-0.2, -0.15) is 0 Å². The molecule has 288 valence electrons. The summed E-state index contributed by atoms with van der Waals surface area (Å²) in [7, 11) is -1.46. The molecule has 0 saturated carbocycles. The lowest BCUT2D eigenvalue weighted by atomic mass is 9.67. The summed E-state index contributed by atoms with van der Waals surface area (Å²) in [5.41, 5.74) is 9.72. The second-order valence-corrected chi connectivity index (χ2v) is 16.4. The Bertz CT molecular complexity index is 2100. The van der Waals surface area contributed by atoms with E-state index < -0.39 is 13.2 Å². The number of hydrogen-bond acceptors (Lipinski definition) is 8. The van der Waals surface area contributed by atoms with Crippen molar-refractivity contribution in [3.63, 3.8) is 0 Å². The normalized spacial score (nSPS) is 23.2. The van der Waals surface area contributed by atoms with E-state index in [0.29, 0.717) is 35.8 Å². The summed E-state index contributed by atoms with van der Waals surface area (Å²) < 4.78 is 0. The summed E-state index contributed by atoms with van der Waals surface area (Å²) in [6, 6.07) is 31.5. The van der Waals surface area contributed by atoms with Crippen molar-refractivity contribution in [2.24, 2.45) is 5.92 Å². The van der Waals surface area contributed by atoms with E-state index in [9.17, 15) is 24.4 Å². The number of piperidine rings is 2. The van der Waals surface area contributed by atoms with Crippen LogP contribution in [0.15, 0.2) is 91.0 Å². The maximum absolute atomic E-state index is 13.2. The third kappa shape index (κ3) is 7.24. The van der Waals surface area contributed by atoms with Crippen molar-refractivity contribution in [3.05, 3.63) is 124 Å². The molecule has 4 aromatic carbocycles. The third-order valence-corrected chi connectivity index (χ3v) is 13.1. The Hall–Kier alpha value is -4.97. The number of benzene rings is 4. The molecule has 3 saturated heterocycles. The Morgan fingerprint density at radius 1 is 0.679 bits per heavy atom. The first-order valence-corrected chi connectivity index (χ1v) is 20.4. The topological polar surface area (TPSA) is 117 Å². The second kappa shape index (κ2) is 15.5. The van der Waals surface area contributed by atoms with Gasteiger partial charge in [-0.25, -0.2) is 0 Å². The minimum absolute atomic E-state index is 0.127. The fraction of sp³-hybridized carbons (Fsp3) is 0.400. The number of anilines is 2. The zero-order valence-corrected chi connectivity index (χ0v) is 31.9. The summed E-state index contributed by atoms with van der Waals surface area (Å²) >= 11 is 0. The first-order chi connectivity index (χ1) is 27.3. The summed E-state index contributed by atoms with van der Waals surface area (Å²) in [5.74, 6) is 0.460. The number of nitrogens with one attached hydrogen (secondary N) is 1. The average molecular weight is 752 g/mol. The monoisotopic (exact) mass is 751 g/mol. The lowest BCUT2D eigenvalue weighted by Gasteiger charge is -2.40. The molecule has 0 aromatic heterocycles. The molecule has 4 aromatic rings. The van der Waals surface area contributed by atoms with Crippen LogP contribution in [0.3, 0.4) is 0 Å². The molecule has 0 bridgehead atoms. The van der Waals surface area contributed by atoms with Gasteiger partial charge in [-0.05, 0) is 108 Å². The van der Waals surface area contributed by atoms with Crippen molar-refractivity contribution in [1.82, 2.24) is 15.1 Å². The Morgan fingerprint density at radius 3 is 2.14 bits per heavy atom. The molecule has 56 heavy (non-hydrogen) atoms. The summed E-state index contributed by atoms with van der Waals surface area (Å²) in [6.07, 6.45) is 4.92. The van der Waals surface area contributed by atoms with Crippen LogP contribution in [0.2, 0.25) is 0 Å². The van der Waals surface area contributed by atoms with Crippen molar-refractivity contribution in [3.8, 4) is 0 Å². The zero-order chi connectivity index (χ0) is 38.3. The van der Waals surface area contributed by atoms with Crippen LogP contribution in [0.25, 0.3) is 0 Å². The van der Waals surface area contributed by atoms with Crippen molar-refractivity contribution in [1.29, 1.82) is 0 Å². The highest BCUT2D eigenvalue weighted by atomic mass is 16.4. The van der Waals surface area contributed by atoms with Crippen LogP contribution in [0.5, 0.6) is 0 Å². The van der Waals surface area contributed by atoms with Gasteiger partial charge < -0.3 is 24.7 Å². The van der Waals surface area contributed by atoms with E-state index in [2.05, 4.69) is 86.7 Å². The van der Waals surface area contributed by atoms with Crippen molar-refractivity contribution < 1.29 is 24.4 Å². The smallest absolute Gasteiger partial charge is 0.423 e. The van der Waals surface area contributed by atoms with Crippen molar-refractivity contribution in [2.75, 3.05) is 55.6 Å². The molecule has 3 fully saturated rings. The van der Waals surface area contributed by atoms with Gasteiger partial charge in [0.05, 0.1) is 0 Å². The quantitative estimate of drug-likeness (QED) is 0.183. The minimum atomic E-state index is -1.46. The molecule has 3 atom stereocenters. The van der Waals surface area contributed by atoms with Crippen LogP contribution in [-0.4, -0.2) is 96.5 Å². The van der Waals surface area contributed by atoms with Gasteiger partial charge in [0.1, 0.15) is 6.04 Å². The maximum Gasteiger partial charge on any atom is 0.488 e. The Balaban J connectivity index is 0.787. The van der Waals surface area contributed by atoms with Gasteiger partial charge in [-0.3, -0.25) is 24.6 Å². The van der Waals surface area contributed by atoms with Gasteiger partial charge in [0, 0.05) is 81.6 Å². The number of imide groups is 1. The molecule has 0 radical (unpaired) electrons. The number of carbonyl (C=O) groups is 3. The van der Waals surface area contributed by atoms with Crippen LogP contribution in [0, 0.1) is 5.92 Å². The first kappa shape index (κ1) is 36.7. The van der Waals surface area contributed by atoms with Crippen LogP contribution >= 0.6 is 0 Å². The molecule has 9 rings (SSSR count). The van der Waals surface area contributed by atoms with E-state index in [1.54, 1.807) is 4.90 Å². The van der Waals surface area contributed by atoms with E-state index >= 15 is 0 Å². The molecule has 3 N–H and O–H groups in total. The zero-order valence-electron chi connectivity index (χ0n) is 31.9. The summed E-state index contributed by atoms with van der Waals surface area (Å²) in [6.45, 7) is 7.54. The van der Waals surface area contributed by atoms with E-state index in [4.69, 9.17) is 0 Å². The van der Waals surface area contributed by atoms with E-state index in [1.807, 2.05) is 24.3 Å². The molecule has 1 aliphatic carbocycles. The molecule has 11 heteroatoms. The number of hydrogen-bond donors (Lipinski definition) is 3. The molecule has 0 unspecified atom stereocenters. The highest BCUT2D eigenvalue weighted by Gasteiger charge is 2.39. The van der Waals surface area contributed by atoms with Gasteiger partial charge in [0.15, 0.2) is 0 Å². The number of piperazine rings is 1. The fourth-order valence-corrected chi connectivity index (χ4v) is 10.0. The molecule has 10 nitrogen and oxygen atoms in total. The van der Waals surface area contributed by atoms with Gasteiger partial charge in [-0.1, -0.05) is 60.7 Å². The Kier molecular flexibility index (Phi) is 10.2. The van der Waals surface area contributed by atoms with Crippen LogP contribution in [0.4, 0.5) is 11.4 Å². The predicted molar refractivity (Wildman–Crippen MR) is 218 cm³/mol. The van der Waals surface area contributed by atoms with Gasteiger partial charge in [0.2, 0.25) is 11.8 Å². The molecular formula is C45H50BN5O5. The minimum Gasteiger partial charge on any atom is -0.423 e. The molecule has 5 aliphatic rings. The van der Waals surface area contributed by atoms with Crippen molar-refractivity contribution >= 4 is 41.7 Å². The number of rotatable bonds is 8. The summed E-state index contributed by atoms with van der Waals surface area (Å²) in [4.78, 5) is 46.4. The molecular weight excluding hydrogens is 701 g/mol. The number of fused-ring (bicyclic) bond motifs is 2. The molecule has 3 amide bonds. The average Bonchev–Trinajstić information content (AvgIpc) is 3.55. The van der Waals surface area contributed by atoms with Gasteiger partial charge >= 0.3 is 7.12 Å². The fourth-order valence-electron chi connectivity index (χ4n) is 10.0. The highest BCUT2D eigenvalue weighted by molar-refractivity contribution is 6.58. The lowest BCUT2D eigenvalue weighted by molar-refractivity contribution is -0.136. The number of nitrogens with zero attached hydrogens (tertiary/aromatic N) is 4. The molecule has 4 heterocycles. The second-order valence-electron chi connectivity index (χ2n) is 16.4. The highest BCUT2D eigenvalue weighted by Crippen LogP contribution is 2.46. The Labute approximate surface area is 329 Å². The van der Waals surface area contributed by atoms with Crippen molar-refractivity contribution in [2.45, 2.75) is 62.9 Å². The molecule has 4 aliphatic heterocycles. The van der Waals surface area contributed by atoms with Gasteiger partial charge in [0.25, 0.3) is 5.91 Å². The molecule has 0 spiro atoms. The third-order valence-electron chi connectivity index (χ3n) is 13.1. The van der Waals surface area contributed by atoms with Crippen LogP contribution in [0.1, 0.15) is 82.1 Å². The van der Waals surface area contributed by atoms with E-state index in [0.717, 1.165) is 69.9 Å². The largest absolute Gasteiger partial charge is 0.488 e. The summed E-state index contributed by atoms with van der Waals surface area (Å²) in [5, 5.41) is 22.1. The van der Waals surface area contributed by atoms with E-state index in [-0.39, 0.29) is 30.1 Å². The first-order valence-electron chi connectivity index (χ1n) is 20.4.